The molecule has 0 spiro atoms. The van der Waals surface area contributed by atoms with Crippen LogP contribution in [-0.2, 0) is 19.4 Å². The Morgan fingerprint density at radius 2 is 1.33 bits per heavy atom. The number of ether oxygens (including phenoxy) is 4. The number of benzene rings is 2. The van der Waals surface area contributed by atoms with Gasteiger partial charge >= 0.3 is 0 Å². The van der Waals surface area contributed by atoms with E-state index in [0.29, 0.717) is 0 Å². The molecule has 0 fully saturated rings. The van der Waals surface area contributed by atoms with Crippen molar-refractivity contribution in [1.82, 2.24) is 10.2 Å². The first-order valence-corrected chi connectivity index (χ1v) is 10.6. The Kier molecular flexibility index (Phi) is 8.22. The molecule has 2 aromatic carbocycles. The topological polar surface area (TPSA) is 52.2 Å². The van der Waals surface area contributed by atoms with E-state index >= 15 is 0 Å². The van der Waals surface area contributed by atoms with E-state index in [-0.39, 0.29) is 0 Å². The predicted molar refractivity (Wildman–Crippen MR) is 119 cm³/mol. The quantitative estimate of drug-likeness (QED) is 0.602. The molecular weight excluding hydrogens is 380 g/mol. The highest BCUT2D eigenvalue weighted by Gasteiger charge is 2.17. The molecule has 1 aliphatic heterocycles. The van der Waals surface area contributed by atoms with Crippen LogP contribution in [0.5, 0.6) is 23.0 Å². The van der Waals surface area contributed by atoms with Gasteiger partial charge in [-0.3, -0.25) is 0 Å². The lowest BCUT2D eigenvalue weighted by Crippen LogP contribution is -2.29. The fraction of sp³-hybridized carbons (Fsp3) is 0.500. The first kappa shape index (κ1) is 22.2. The average Bonchev–Trinajstić information content (AvgIpc) is 2.99. The van der Waals surface area contributed by atoms with Crippen molar-refractivity contribution in [2.24, 2.45) is 0 Å². The van der Waals surface area contributed by atoms with Gasteiger partial charge in [0.05, 0.1) is 28.4 Å². The maximum absolute atomic E-state index is 5.46. The predicted octanol–water partition coefficient (Wildman–Crippen LogP) is 3.30. The van der Waals surface area contributed by atoms with Crippen LogP contribution in [0.3, 0.4) is 0 Å². The average molecular weight is 415 g/mol. The number of nitrogens with zero attached hydrogens (tertiary/aromatic N) is 1. The van der Waals surface area contributed by atoms with E-state index in [1.807, 2.05) is 18.2 Å². The van der Waals surface area contributed by atoms with Crippen molar-refractivity contribution < 1.29 is 18.9 Å². The van der Waals surface area contributed by atoms with Crippen molar-refractivity contribution in [3.63, 3.8) is 0 Å². The Hall–Kier alpha value is -2.44. The Bertz CT molecular complexity index is 768. The number of rotatable bonds is 10. The van der Waals surface area contributed by atoms with Gasteiger partial charge in [0, 0.05) is 25.7 Å². The summed E-state index contributed by atoms with van der Waals surface area (Å²) in [5, 5.41) is 3.54. The molecule has 0 aliphatic carbocycles. The molecule has 0 atom stereocenters. The van der Waals surface area contributed by atoms with Crippen LogP contribution in [0.2, 0.25) is 0 Å². The molecular formula is C24H34N2O4. The summed E-state index contributed by atoms with van der Waals surface area (Å²) in [5.74, 6) is 3.29. The first-order valence-electron chi connectivity index (χ1n) is 10.6. The molecule has 0 radical (unpaired) electrons. The highest BCUT2D eigenvalue weighted by Crippen LogP contribution is 2.32. The monoisotopic (exact) mass is 414 g/mol. The number of methoxy groups -OCH3 is 4. The zero-order valence-electron chi connectivity index (χ0n) is 18.6. The fourth-order valence-corrected chi connectivity index (χ4v) is 3.95. The summed E-state index contributed by atoms with van der Waals surface area (Å²) in [4.78, 5) is 2.55. The molecule has 0 unspecified atom stereocenters. The van der Waals surface area contributed by atoms with E-state index in [9.17, 15) is 0 Å². The van der Waals surface area contributed by atoms with Gasteiger partial charge in [-0.1, -0.05) is 0 Å². The van der Waals surface area contributed by atoms with Gasteiger partial charge in [0.25, 0.3) is 0 Å². The Labute approximate surface area is 180 Å². The van der Waals surface area contributed by atoms with Gasteiger partial charge in [-0.25, -0.2) is 0 Å². The van der Waals surface area contributed by atoms with Gasteiger partial charge in [0.2, 0.25) is 0 Å². The highest BCUT2D eigenvalue weighted by atomic mass is 16.5. The van der Waals surface area contributed by atoms with Gasteiger partial charge in [0.15, 0.2) is 11.5 Å². The van der Waals surface area contributed by atoms with Crippen molar-refractivity contribution in [3.05, 3.63) is 47.0 Å². The molecule has 3 rings (SSSR count). The van der Waals surface area contributed by atoms with E-state index in [4.69, 9.17) is 18.9 Å². The molecule has 30 heavy (non-hydrogen) atoms. The van der Waals surface area contributed by atoms with Gasteiger partial charge in [0.1, 0.15) is 11.5 Å². The van der Waals surface area contributed by atoms with E-state index in [2.05, 4.69) is 22.3 Å². The maximum Gasteiger partial charge on any atom is 0.161 e. The highest BCUT2D eigenvalue weighted by molar-refractivity contribution is 5.48. The second-order valence-corrected chi connectivity index (χ2v) is 7.57. The summed E-state index contributed by atoms with van der Waals surface area (Å²) in [6, 6.07) is 10.3. The first-order chi connectivity index (χ1) is 14.7. The van der Waals surface area contributed by atoms with Crippen molar-refractivity contribution in [2.45, 2.75) is 25.8 Å². The van der Waals surface area contributed by atoms with E-state index in [1.165, 1.54) is 16.7 Å². The molecule has 0 saturated carbocycles. The number of hydrogen-bond acceptors (Lipinski definition) is 6. The number of nitrogens with one attached hydrogen (secondary N) is 1. The lowest BCUT2D eigenvalue weighted by Gasteiger charge is -2.19. The van der Waals surface area contributed by atoms with Crippen molar-refractivity contribution in [3.8, 4) is 23.0 Å². The molecule has 0 amide bonds. The van der Waals surface area contributed by atoms with Gasteiger partial charge in [-0.15, -0.1) is 0 Å². The molecule has 6 nitrogen and oxygen atoms in total. The van der Waals surface area contributed by atoms with Gasteiger partial charge in [-0.2, -0.15) is 0 Å². The second-order valence-electron chi connectivity index (χ2n) is 7.57. The third-order valence-corrected chi connectivity index (χ3v) is 5.67. The molecule has 164 valence electrons. The van der Waals surface area contributed by atoms with Crippen LogP contribution in [0.25, 0.3) is 0 Å². The summed E-state index contributed by atoms with van der Waals surface area (Å²) >= 11 is 0. The molecule has 0 aromatic heterocycles. The molecule has 1 aliphatic rings. The molecule has 0 saturated heterocycles. The molecule has 1 heterocycles. The normalized spacial score (nSPS) is 14.0. The second kappa shape index (κ2) is 11.1. The van der Waals surface area contributed by atoms with Gasteiger partial charge < -0.3 is 29.2 Å². The minimum Gasteiger partial charge on any atom is -0.497 e. The van der Waals surface area contributed by atoms with E-state index in [1.54, 1.807) is 28.4 Å². The standard InChI is InChI=1S/C24H34N2O4/c1-27-21-12-18(13-22(16-21)28-2)17-25-8-5-9-26-10-6-19-14-23(29-3)24(30-4)15-20(19)7-11-26/h12-16,25H,5-11,17H2,1-4H3. The molecule has 6 heteroatoms. The number of fused-ring (bicyclic) bond motifs is 1. The zero-order chi connectivity index (χ0) is 21.3. The molecule has 0 bridgehead atoms. The van der Waals surface area contributed by atoms with Crippen LogP contribution in [0.1, 0.15) is 23.1 Å². The van der Waals surface area contributed by atoms with E-state index in [0.717, 1.165) is 75.0 Å². The van der Waals surface area contributed by atoms with Crippen LogP contribution >= 0.6 is 0 Å². The Morgan fingerprint density at radius 3 is 1.83 bits per heavy atom. The molecule has 2 aromatic rings. The smallest absolute Gasteiger partial charge is 0.161 e. The minimum absolute atomic E-state index is 0.804. The van der Waals surface area contributed by atoms with Crippen LogP contribution < -0.4 is 24.3 Å². The van der Waals surface area contributed by atoms with Crippen LogP contribution in [-0.4, -0.2) is 59.5 Å². The zero-order valence-corrected chi connectivity index (χ0v) is 18.6. The maximum atomic E-state index is 5.46. The van der Waals surface area contributed by atoms with Crippen LogP contribution in [0.4, 0.5) is 0 Å². The summed E-state index contributed by atoms with van der Waals surface area (Å²) < 4.78 is 21.6. The van der Waals surface area contributed by atoms with Crippen molar-refractivity contribution in [2.75, 3.05) is 54.6 Å². The number of hydrogen-bond donors (Lipinski definition) is 1. The van der Waals surface area contributed by atoms with Gasteiger partial charge in [-0.05, 0) is 73.3 Å². The fourth-order valence-electron chi connectivity index (χ4n) is 3.95. The molecule has 1 N–H and O–H groups in total. The lowest BCUT2D eigenvalue weighted by atomic mass is 10.0. The minimum atomic E-state index is 0.804. The summed E-state index contributed by atoms with van der Waals surface area (Å²) in [6.45, 7) is 5.03. The third-order valence-electron chi connectivity index (χ3n) is 5.67. The summed E-state index contributed by atoms with van der Waals surface area (Å²) in [5.41, 5.74) is 3.92. The van der Waals surface area contributed by atoms with Crippen molar-refractivity contribution >= 4 is 0 Å². The third kappa shape index (κ3) is 5.80. The Morgan fingerprint density at radius 1 is 0.767 bits per heavy atom. The SMILES string of the molecule is COc1cc(CNCCCN2CCc3cc(OC)c(OC)cc3CC2)cc(OC)c1. The largest absolute Gasteiger partial charge is 0.497 e. The van der Waals surface area contributed by atoms with Crippen molar-refractivity contribution in [1.29, 1.82) is 0 Å². The lowest BCUT2D eigenvalue weighted by molar-refractivity contribution is 0.282. The summed E-state index contributed by atoms with van der Waals surface area (Å²) in [6.07, 6.45) is 3.21. The Balaban J connectivity index is 1.44. The van der Waals surface area contributed by atoms with E-state index < -0.39 is 0 Å². The van der Waals surface area contributed by atoms with Crippen LogP contribution in [0, 0.1) is 0 Å². The van der Waals surface area contributed by atoms with Crippen LogP contribution in [0.15, 0.2) is 30.3 Å². The summed E-state index contributed by atoms with van der Waals surface area (Å²) in [7, 11) is 6.75.